The Hall–Kier alpha value is -4.00. The minimum atomic E-state index is -0.674. The number of carbonyl (C=O) groups is 2. The summed E-state index contributed by atoms with van der Waals surface area (Å²) < 4.78 is 1.57. The summed E-state index contributed by atoms with van der Waals surface area (Å²) in [5.41, 5.74) is 9.04. The first-order chi connectivity index (χ1) is 15.6. The van der Waals surface area contributed by atoms with Crippen molar-refractivity contribution in [3.63, 3.8) is 0 Å². The summed E-state index contributed by atoms with van der Waals surface area (Å²) in [6.45, 7) is 1.33. The quantitative estimate of drug-likeness (QED) is 0.541. The molecule has 2 aromatic heterocycles. The summed E-state index contributed by atoms with van der Waals surface area (Å²) in [7, 11) is 0. The topological polar surface area (TPSA) is 93.6 Å². The maximum Gasteiger partial charge on any atom is 0.271 e. The van der Waals surface area contributed by atoms with Crippen LogP contribution in [0.2, 0.25) is 0 Å². The Morgan fingerprint density at radius 1 is 0.938 bits per heavy atom. The van der Waals surface area contributed by atoms with Gasteiger partial charge in [0.1, 0.15) is 12.0 Å². The van der Waals surface area contributed by atoms with Crippen molar-refractivity contribution in [2.75, 3.05) is 13.1 Å². The van der Waals surface area contributed by atoms with Crippen LogP contribution in [0.5, 0.6) is 0 Å². The maximum absolute atomic E-state index is 13.6. The lowest BCUT2D eigenvalue weighted by Gasteiger charge is -2.32. The minimum absolute atomic E-state index is 0.0552. The molecule has 0 spiro atoms. The van der Waals surface area contributed by atoms with Crippen LogP contribution in [0.15, 0.2) is 73.1 Å². The molecule has 1 aliphatic rings. The molecule has 32 heavy (non-hydrogen) atoms. The van der Waals surface area contributed by atoms with Crippen LogP contribution in [0.25, 0.3) is 16.9 Å². The molecule has 4 aromatic rings. The third-order valence-electron chi connectivity index (χ3n) is 6.08. The minimum Gasteiger partial charge on any atom is -0.364 e. The molecule has 2 N–H and O–H groups in total. The number of piperidine rings is 1. The number of fused-ring (bicyclic) bond motifs is 1. The number of likely N-dealkylation sites (tertiary alicyclic amines) is 1. The molecular formula is C25H23N5O2. The highest BCUT2D eigenvalue weighted by Gasteiger charge is 2.27. The first kappa shape index (κ1) is 19.9. The molecule has 160 valence electrons. The molecule has 1 saturated heterocycles. The smallest absolute Gasteiger partial charge is 0.271 e. The van der Waals surface area contributed by atoms with Gasteiger partial charge in [0.05, 0.1) is 5.69 Å². The van der Waals surface area contributed by atoms with Gasteiger partial charge in [-0.25, -0.2) is 9.97 Å². The average Bonchev–Trinajstić information content (AvgIpc) is 3.29. The van der Waals surface area contributed by atoms with Gasteiger partial charge >= 0.3 is 0 Å². The van der Waals surface area contributed by atoms with Crippen LogP contribution in [0.1, 0.15) is 45.3 Å². The van der Waals surface area contributed by atoms with E-state index < -0.39 is 5.91 Å². The molecule has 7 heteroatoms. The normalized spacial score (nSPS) is 14.6. The fraction of sp³-hybridized carbons (Fsp3) is 0.200. The maximum atomic E-state index is 13.6. The summed E-state index contributed by atoms with van der Waals surface area (Å²) in [5.74, 6) is -0.325. The van der Waals surface area contributed by atoms with Crippen molar-refractivity contribution in [2.45, 2.75) is 18.8 Å². The third-order valence-corrected chi connectivity index (χ3v) is 6.08. The van der Waals surface area contributed by atoms with E-state index in [1.54, 1.807) is 10.5 Å². The van der Waals surface area contributed by atoms with Gasteiger partial charge in [0.2, 0.25) is 0 Å². The van der Waals surface area contributed by atoms with Gasteiger partial charge in [-0.1, -0.05) is 60.7 Å². The van der Waals surface area contributed by atoms with Crippen molar-refractivity contribution in [1.82, 2.24) is 19.3 Å². The number of aromatic nitrogens is 3. The van der Waals surface area contributed by atoms with Crippen molar-refractivity contribution < 1.29 is 9.59 Å². The van der Waals surface area contributed by atoms with Crippen LogP contribution in [0.3, 0.4) is 0 Å². The molecule has 0 unspecified atom stereocenters. The van der Waals surface area contributed by atoms with E-state index in [9.17, 15) is 9.59 Å². The molecule has 7 nitrogen and oxygen atoms in total. The molecule has 1 fully saturated rings. The number of nitrogens with zero attached hydrogens (tertiary/aromatic N) is 4. The van der Waals surface area contributed by atoms with Crippen LogP contribution in [0, 0.1) is 0 Å². The van der Waals surface area contributed by atoms with Crippen LogP contribution in [-0.4, -0.2) is 44.2 Å². The highest BCUT2D eigenvalue weighted by Crippen LogP contribution is 2.29. The lowest BCUT2D eigenvalue weighted by Crippen LogP contribution is -2.38. The van der Waals surface area contributed by atoms with E-state index in [4.69, 9.17) is 5.73 Å². The largest absolute Gasteiger partial charge is 0.364 e. The standard InChI is InChI=1S/C25H23N5O2/c26-23(31)22-24-28-20(19-9-5-2-6-10-19)15-21(30(24)16-27-22)25(32)29-13-11-18(12-14-29)17-7-3-1-4-8-17/h1-10,15-16,18H,11-14H2,(H2,26,31). The number of primary amides is 1. The van der Waals surface area contributed by atoms with Gasteiger partial charge in [-0.3, -0.25) is 14.0 Å². The summed E-state index contributed by atoms with van der Waals surface area (Å²) >= 11 is 0. The second kappa shape index (κ2) is 8.26. The van der Waals surface area contributed by atoms with Gasteiger partial charge in [-0.05, 0) is 30.4 Å². The van der Waals surface area contributed by atoms with Gasteiger partial charge in [0.25, 0.3) is 11.8 Å². The van der Waals surface area contributed by atoms with Gasteiger partial charge in [0.15, 0.2) is 11.3 Å². The average molecular weight is 425 g/mol. The fourth-order valence-corrected chi connectivity index (χ4v) is 4.37. The predicted octanol–water partition coefficient (Wildman–Crippen LogP) is 3.52. The van der Waals surface area contributed by atoms with Crippen LogP contribution in [-0.2, 0) is 0 Å². The predicted molar refractivity (Wildman–Crippen MR) is 121 cm³/mol. The zero-order valence-electron chi connectivity index (χ0n) is 17.5. The van der Waals surface area contributed by atoms with Crippen molar-refractivity contribution in [1.29, 1.82) is 0 Å². The van der Waals surface area contributed by atoms with E-state index in [1.165, 1.54) is 11.9 Å². The lowest BCUT2D eigenvalue weighted by molar-refractivity contribution is 0.0705. The number of benzene rings is 2. The molecule has 5 rings (SSSR count). The second-order valence-electron chi connectivity index (χ2n) is 8.02. The van der Waals surface area contributed by atoms with Gasteiger partial charge in [-0.2, -0.15) is 0 Å². The zero-order valence-corrected chi connectivity index (χ0v) is 17.5. The van der Waals surface area contributed by atoms with E-state index in [0.29, 0.717) is 36.0 Å². The molecule has 0 saturated carbocycles. The highest BCUT2D eigenvalue weighted by atomic mass is 16.2. The highest BCUT2D eigenvalue weighted by molar-refractivity contribution is 5.99. The van der Waals surface area contributed by atoms with Crippen molar-refractivity contribution in [3.8, 4) is 11.3 Å². The monoisotopic (exact) mass is 425 g/mol. The number of carbonyl (C=O) groups excluding carboxylic acids is 2. The summed E-state index contributed by atoms with van der Waals surface area (Å²) in [6.07, 6.45) is 3.26. The van der Waals surface area contributed by atoms with Crippen molar-refractivity contribution >= 4 is 17.5 Å². The van der Waals surface area contributed by atoms with Crippen molar-refractivity contribution in [2.24, 2.45) is 5.73 Å². The first-order valence-electron chi connectivity index (χ1n) is 10.7. The Morgan fingerprint density at radius 2 is 1.59 bits per heavy atom. The van der Waals surface area contributed by atoms with E-state index in [-0.39, 0.29) is 11.6 Å². The SMILES string of the molecule is NC(=O)c1ncn2c(C(=O)N3CCC(c4ccccc4)CC3)cc(-c3ccccc3)nc12. The summed E-state index contributed by atoms with van der Waals surface area (Å²) in [6, 6.07) is 21.8. The first-order valence-corrected chi connectivity index (χ1v) is 10.7. The Bertz CT molecular complexity index is 1280. The van der Waals surface area contributed by atoms with Crippen LogP contribution in [0.4, 0.5) is 0 Å². The number of amides is 2. The Kier molecular flexibility index (Phi) is 5.15. The molecule has 0 atom stereocenters. The molecule has 0 bridgehead atoms. The van der Waals surface area contributed by atoms with Crippen LogP contribution < -0.4 is 5.73 Å². The molecule has 3 heterocycles. The summed E-state index contributed by atoms with van der Waals surface area (Å²) in [4.78, 5) is 36.0. The van der Waals surface area contributed by atoms with Gasteiger partial charge < -0.3 is 10.6 Å². The molecule has 0 aliphatic carbocycles. The molecule has 2 aromatic carbocycles. The van der Waals surface area contributed by atoms with Crippen molar-refractivity contribution in [3.05, 3.63) is 90.0 Å². The molecule has 0 radical (unpaired) electrons. The number of nitrogens with two attached hydrogens (primary N) is 1. The molecular weight excluding hydrogens is 402 g/mol. The van der Waals surface area contributed by atoms with Crippen LogP contribution >= 0.6 is 0 Å². The van der Waals surface area contributed by atoms with Gasteiger partial charge in [-0.15, -0.1) is 0 Å². The number of hydrogen-bond acceptors (Lipinski definition) is 4. The Labute approximate surface area is 185 Å². The Morgan fingerprint density at radius 3 is 2.25 bits per heavy atom. The number of rotatable bonds is 4. The molecule has 1 aliphatic heterocycles. The Balaban J connectivity index is 1.49. The zero-order chi connectivity index (χ0) is 22.1. The number of hydrogen-bond donors (Lipinski definition) is 1. The number of imidazole rings is 1. The molecule has 2 amide bonds. The van der Waals surface area contributed by atoms with E-state index in [1.807, 2.05) is 41.3 Å². The van der Waals surface area contributed by atoms with E-state index in [0.717, 1.165) is 18.4 Å². The van der Waals surface area contributed by atoms with E-state index >= 15 is 0 Å². The lowest BCUT2D eigenvalue weighted by atomic mass is 9.89. The fourth-order valence-electron chi connectivity index (χ4n) is 4.37. The van der Waals surface area contributed by atoms with E-state index in [2.05, 4.69) is 34.2 Å². The third kappa shape index (κ3) is 3.62. The second-order valence-corrected chi connectivity index (χ2v) is 8.02. The summed E-state index contributed by atoms with van der Waals surface area (Å²) in [5, 5.41) is 0. The van der Waals surface area contributed by atoms with Gasteiger partial charge in [0, 0.05) is 18.7 Å².